The molecule has 0 aliphatic heterocycles. The second-order valence-electron chi connectivity index (χ2n) is 5.40. The lowest BCUT2D eigenvalue weighted by Crippen LogP contribution is -2.56. The van der Waals surface area contributed by atoms with Crippen LogP contribution in [0.25, 0.3) is 0 Å². The fraction of sp³-hybridized carbons (Fsp3) is 0.533. The summed E-state index contributed by atoms with van der Waals surface area (Å²) < 4.78 is 0. The molecule has 0 spiro atoms. The molecule has 1 amide bonds. The third kappa shape index (κ3) is 3.55. The Hall–Kier alpha value is -1.39. The van der Waals surface area contributed by atoms with Crippen molar-refractivity contribution < 1.29 is 9.90 Å². The highest BCUT2D eigenvalue weighted by Gasteiger charge is 2.37. The molecule has 19 heavy (non-hydrogen) atoms. The molecule has 1 aromatic carbocycles. The number of hydrogen-bond acceptors (Lipinski definition) is 3. The zero-order valence-electron chi connectivity index (χ0n) is 11.1. The number of aliphatic hydroxyl groups excluding tert-OH is 1. The van der Waals surface area contributed by atoms with Crippen molar-refractivity contribution in [1.82, 2.24) is 5.32 Å². The fourth-order valence-electron chi connectivity index (χ4n) is 2.44. The summed E-state index contributed by atoms with van der Waals surface area (Å²) >= 11 is 0. The molecule has 0 saturated heterocycles. The molecule has 4 heteroatoms. The highest BCUT2D eigenvalue weighted by Crippen LogP contribution is 2.31. The van der Waals surface area contributed by atoms with Crippen LogP contribution in [0.3, 0.4) is 0 Å². The van der Waals surface area contributed by atoms with Gasteiger partial charge in [0.15, 0.2) is 0 Å². The lowest BCUT2D eigenvalue weighted by Gasteiger charge is -2.41. The molecule has 0 radical (unpaired) electrons. The minimum absolute atomic E-state index is 0.0138. The molecule has 1 aromatic rings. The number of hydrogen-bond donors (Lipinski definition) is 3. The lowest BCUT2D eigenvalue weighted by atomic mass is 9.77. The Balaban J connectivity index is 1.77. The van der Waals surface area contributed by atoms with Gasteiger partial charge in [0, 0.05) is 12.5 Å². The molecule has 0 heterocycles. The van der Waals surface area contributed by atoms with Gasteiger partial charge in [-0.25, -0.2) is 0 Å². The Bertz CT molecular complexity index is 410. The van der Waals surface area contributed by atoms with Gasteiger partial charge in [0.2, 0.25) is 5.91 Å². The van der Waals surface area contributed by atoms with E-state index >= 15 is 0 Å². The van der Waals surface area contributed by atoms with Gasteiger partial charge in [-0.2, -0.15) is 0 Å². The predicted molar refractivity (Wildman–Crippen MR) is 74.4 cm³/mol. The maximum atomic E-state index is 11.9. The lowest BCUT2D eigenvalue weighted by molar-refractivity contribution is -0.125. The van der Waals surface area contributed by atoms with E-state index in [1.807, 2.05) is 30.3 Å². The topological polar surface area (TPSA) is 75.4 Å². The smallest absolute Gasteiger partial charge is 0.220 e. The highest BCUT2D eigenvalue weighted by atomic mass is 16.3. The quantitative estimate of drug-likeness (QED) is 0.727. The van der Waals surface area contributed by atoms with E-state index in [1.165, 1.54) is 0 Å². The molecule has 1 aliphatic carbocycles. The molecule has 1 atom stereocenters. The Morgan fingerprint density at radius 1 is 1.37 bits per heavy atom. The molecule has 0 bridgehead atoms. The van der Waals surface area contributed by atoms with Gasteiger partial charge in [-0.1, -0.05) is 30.3 Å². The van der Waals surface area contributed by atoms with E-state index in [2.05, 4.69) is 5.32 Å². The third-order valence-electron chi connectivity index (χ3n) is 3.93. The number of carbonyl (C=O) groups is 1. The SMILES string of the molecule is NC(CCC(=O)NC1(CO)CCC1)c1ccccc1. The van der Waals surface area contributed by atoms with Gasteiger partial charge in [-0.15, -0.1) is 0 Å². The van der Waals surface area contributed by atoms with Gasteiger partial charge in [-0.3, -0.25) is 4.79 Å². The number of rotatable bonds is 6. The normalized spacial score (nSPS) is 18.4. The maximum absolute atomic E-state index is 11.9. The Labute approximate surface area is 114 Å². The van der Waals surface area contributed by atoms with Gasteiger partial charge < -0.3 is 16.2 Å². The van der Waals surface area contributed by atoms with Crippen LogP contribution in [-0.2, 0) is 4.79 Å². The first-order valence-electron chi connectivity index (χ1n) is 6.88. The van der Waals surface area contributed by atoms with E-state index < -0.39 is 0 Å². The summed E-state index contributed by atoms with van der Waals surface area (Å²) in [4.78, 5) is 11.9. The summed E-state index contributed by atoms with van der Waals surface area (Å²) in [6.45, 7) is 0.0312. The molecule has 1 fully saturated rings. The van der Waals surface area contributed by atoms with E-state index in [1.54, 1.807) is 0 Å². The molecule has 1 aliphatic rings. The number of benzene rings is 1. The predicted octanol–water partition coefficient (Wildman–Crippen LogP) is 1.50. The summed E-state index contributed by atoms with van der Waals surface area (Å²) in [5.41, 5.74) is 6.76. The number of carbonyl (C=O) groups excluding carboxylic acids is 1. The van der Waals surface area contributed by atoms with Crippen molar-refractivity contribution in [3.63, 3.8) is 0 Å². The molecule has 0 aromatic heterocycles. The van der Waals surface area contributed by atoms with Crippen LogP contribution >= 0.6 is 0 Å². The molecule has 4 N–H and O–H groups in total. The minimum atomic E-state index is -0.353. The first-order valence-corrected chi connectivity index (χ1v) is 6.88. The zero-order valence-corrected chi connectivity index (χ0v) is 11.1. The zero-order chi connectivity index (χ0) is 13.7. The van der Waals surface area contributed by atoms with E-state index in [0.717, 1.165) is 24.8 Å². The Morgan fingerprint density at radius 3 is 2.58 bits per heavy atom. The summed E-state index contributed by atoms with van der Waals surface area (Å²) in [6, 6.07) is 9.69. The highest BCUT2D eigenvalue weighted by molar-refractivity contribution is 5.77. The molecular formula is C15H22N2O2. The second-order valence-corrected chi connectivity index (χ2v) is 5.40. The van der Waals surface area contributed by atoms with Crippen molar-refractivity contribution in [3.05, 3.63) is 35.9 Å². The molecular weight excluding hydrogens is 240 g/mol. The van der Waals surface area contributed by atoms with Crippen molar-refractivity contribution in [2.24, 2.45) is 5.73 Å². The maximum Gasteiger partial charge on any atom is 0.220 e. The van der Waals surface area contributed by atoms with E-state index in [-0.39, 0.29) is 24.1 Å². The van der Waals surface area contributed by atoms with Gasteiger partial charge in [0.25, 0.3) is 0 Å². The van der Waals surface area contributed by atoms with Crippen LogP contribution in [0.1, 0.15) is 43.7 Å². The molecule has 1 saturated carbocycles. The first kappa shape index (κ1) is 14.0. The second kappa shape index (κ2) is 6.17. The molecule has 104 valence electrons. The van der Waals surface area contributed by atoms with Crippen molar-refractivity contribution in [3.8, 4) is 0 Å². The van der Waals surface area contributed by atoms with Crippen molar-refractivity contribution in [2.75, 3.05) is 6.61 Å². The molecule has 4 nitrogen and oxygen atoms in total. The minimum Gasteiger partial charge on any atom is -0.394 e. The molecule has 1 unspecified atom stereocenters. The van der Waals surface area contributed by atoms with Crippen LogP contribution in [0.5, 0.6) is 0 Å². The van der Waals surface area contributed by atoms with Crippen molar-refractivity contribution in [1.29, 1.82) is 0 Å². The number of nitrogens with one attached hydrogen (secondary N) is 1. The average Bonchev–Trinajstić information content (AvgIpc) is 2.41. The monoisotopic (exact) mass is 262 g/mol. The van der Waals surface area contributed by atoms with E-state index in [0.29, 0.717) is 12.8 Å². The van der Waals surface area contributed by atoms with Gasteiger partial charge >= 0.3 is 0 Å². The van der Waals surface area contributed by atoms with Crippen LogP contribution < -0.4 is 11.1 Å². The third-order valence-corrected chi connectivity index (χ3v) is 3.93. The Kier molecular flexibility index (Phi) is 4.56. The molecule has 2 rings (SSSR count). The van der Waals surface area contributed by atoms with Crippen LogP contribution in [0.4, 0.5) is 0 Å². The number of amides is 1. The van der Waals surface area contributed by atoms with Gasteiger partial charge in [-0.05, 0) is 31.2 Å². The van der Waals surface area contributed by atoms with Crippen molar-refractivity contribution >= 4 is 5.91 Å². The number of nitrogens with two attached hydrogens (primary N) is 1. The summed E-state index contributed by atoms with van der Waals surface area (Å²) in [6.07, 6.45) is 3.85. The van der Waals surface area contributed by atoms with Crippen LogP contribution in [-0.4, -0.2) is 23.2 Å². The van der Waals surface area contributed by atoms with Crippen LogP contribution in [0.2, 0.25) is 0 Å². The summed E-state index contributed by atoms with van der Waals surface area (Å²) in [5.74, 6) is -0.0138. The first-order chi connectivity index (χ1) is 9.15. The average molecular weight is 262 g/mol. The van der Waals surface area contributed by atoms with E-state index in [4.69, 9.17) is 5.73 Å². The van der Waals surface area contributed by atoms with Crippen LogP contribution in [0.15, 0.2) is 30.3 Å². The largest absolute Gasteiger partial charge is 0.394 e. The summed E-state index contributed by atoms with van der Waals surface area (Å²) in [5, 5.41) is 12.2. The van der Waals surface area contributed by atoms with Gasteiger partial charge in [0.1, 0.15) is 0 Å². The fourth-order valence-corrected chi connectivity index (χ4v) is 2.44. The van der Waals surface area contributed by atoms with E-state index in [9.17, 15) is 9.90 Å². The standard InChI is InChI=1S/C15H22N2O2/c16-13(12-5-2-1-3-6-12)7-8-14(19)17-15(11-18)9-4-10-15/h1-3,5-6,13,18H,4,7-11,16H2,(H,17,19). The van der Waals surface area contributed by atoms with Gasteiger partial charge in [0.05, 0.1) is 12.1 Å². The Morgan fingerprint density at radius 2 is 2.05 bits per heavy atom. The number of aliphatic hydroxyl groups is 1. The summed E-state index contributed by atoms with van der Waals surface area (Å²) in [7, 11) is 0. The van der Waals surface area contributed by atoms with Crippen molar-refractivity contribution in [2.45, 2.75) is 43.7 Å². The van der Waals surface area contributed by atoms with Crippen LogP contribution in [0, 0.1) is 0 Å².